The van der Waals surface area contributed by atoms with Gasteiger partial charge in [-0.2, -0.15) is 5.48 Å². The Morgan fingerprint density at radius 3 is 2.45 bits per heavy atom. The van der Waals surface area contributed by atoms with Gasteiger partial charge in [0.2, 0.25) is 0 Å². The summed E-state index contributed by atoms with van der Waals surface area (Å²) in [6, 6.07) is 0.498. The molecule has 1 aliphatic rings. The molecule has 11 heavy (non-hydrogen) atoms. The molecule has 66 valence electrons. The topological polar surface area (TPSA) is 21.3 Å². The SMILES string of the molecule is CC1CC(C)C(C)C(C)ON1. The van der Waals surface area contributed by atoms with Crippen molar-refractivity contribution in [3.63, 3.8) is 0 Å². The predicted molar refractivity (Wildman–Crippen MR) is 46.1 cm³/mol. The van der Waals surface area contributed by atoms with Gasteiger partial charge in [-0.25, -0.2) is 0 Å². The van der Waals surface area contributed by atoms with E-state index < -0.39 is 0 Å². The third-order valence-corrected chi connectivity index (χ3v) is 2.82. The molecule has 2 heteroatoms. The van der Waals surface area contributed by atoms with E-state index in [0.29, 0.717) is 18.1 Å². The van der Waals surface area contributed by atoms with Gasteiger partial charge in [0.15, 0.2) is 0 Å². The fraction of sp³-hybridized carbons (Fsp3) is 1.00. The van der Waals surface area contributed by atoms with Gasteiger partial charge in [-0.1, -0.05) is 13.8 Å². The molecule has 4 atom stereocenters. The summed E-state index contributed by atoms with van der Waals surface area (Å²) in [6.45, 7) is 8.86. The van der Waals surface area contributed by atoms with Crippen molar-refractivity contribution in [2.45, 2.75) is 46.3 Å². The first-order valence-corrected chi connectivity index (χ1v) is 4.52. The third kappa shape index (κ3) is 2.17. The van der Waals surface area contributed by atoms with Gasteiger partial charge in [-0.05, 0) is 32.1 Å². The summed E-state index contributed by atoms with van der Waals surface area (Å²) in [5.41, 5.74) is 3.06. The van der Waals surface area contributed by atoms with E-state index in [2.05, 4.69) is 33.2 Å². The molecule has 0 aliphatic carbocycles. The highest BCUT2D eigenvalue weighted by Gasteiger charge is 2.25. The van der Waals surface area contributed by atoms with E-state index in [-0.39, 0.29) is 0 Å². The first-order valence-electron chi connectivity index (χ1n) is 4.52. The third-order valence-electron chi connectivity index (χ3n) is 2.82. The summed E-state index contributed by atoms with van der Waals surface area (Å²) in [5, 5.41) is 0. The Balaban J connectivity index is 2.53. The van der Waals surface area contributed by atoms with Crippen LogP contribution in [0.5, 0.6) is 0 Å². The quantitative estimate of drug-likeness (QED) is 0.580. The highest BCUT2D eigenvalue weighted by atomic mass is 16.7. The zero-order valence-corrected chi connectivity index (χ0v) is 7.92. The summed E-state index contributed by atoms with van der Waals surface area (Å²) in [4.78, 5) is 5.45. The van der Waals surface area contributed by atoms with Gasteiger partial charge in [-0.3, -0.25) is 4.84 Å². The van der Waals surface area contributed by atoms with Crippen molar-refractivity contribution < 1.29 is 4.84 Å². The maximum absolute atomic E-state index is 5.45. The van der Waals surface area contributed by atoms with Crippen LogP contribution in [-0.2, 0) is 4.84 Å². The minimum absolute atomic E-state index is 0.343. The first kappa shape index (κ1) is 9.01. The second-order valence-corrected chi connectivity index (χ2v) is 3.91. The normalized spacial score (nSPS) is 46.9. The van der Waals surface area contributed by atoms with Crippen LogP contribution in [0.4, 0.5) is 0 Å². The predicted octanol–water partition coefficient (Wildman–Crippen LogP) is 1.96. The largest absolute Gasteiger partial charge is 0.298 e. The molecule has 0 bridgehead atoms. The molecule has 0 aromatic rings. The van der Waals surface area contributed by atoms with Crippen molar-refractivity contribution in [1.82, 2.24) is 5.48 Å². The molecule has 1 heterocycles. The van der Waals surface area contributed by atoms with Crippen molar-refractivity contribution >= 4 is 0 Å². The van der Waals surface area contributed by atoms with E-state index in [4.69, 9.17) is 4.84 Å². The molecule has 0 saturated carbocycles. The van der Waals surface area contributed by atoms with Crippen LogP contribution >= 0.6 is 0 Å². The van der Waals surface area contributed by atoms with Crippen molar-refractivity contribution in [2.24, 2.45) is 11.8 Å². The maximum Gasteiger partial charge on any atom is 0.0790 e. The molecule has 0 aromatic heterocycles. The maximum atomic E-state index is 5.45. The minimum atomic E-state index is 0.343. The summed E-state index contributed by atoms with van der Waals surface area (Å²) in [7, 11) is 0. The van der Waals surface area contributed by atoms with E-state index in [0.717, 1.165) is 5.92 Å². The molecule has 4 unspecified atom stereocenters. The lowest BCUT2D eigenvalue weighted by Gasteiger charge is -2.20. The average molecular weight is 157 g/mol. The van der Waals surface area contributed by atoms with Gasteiger partial charge in [0.1, 0.15) is 0 Å². The second kappa shape index (κ2) is 3.55. The van der Waals surface area contributed by atoms with E-state index >= 15 is 0 Å². The van der Waals surface area contributed by atoms with Crippen molar-refractivity contribution in [3.8, 4) is 0 Å². The number of hydrogen-bond donors (Lipinski definition) is 1. The van der Waals surface area contributed by atoms with Crippen molar-refractivity contribution in [3.05, 3.63) is 0 Å². The number of nitrogens with one attached hydrogen (secondary N) is 1. The van der Waals surface area contributed by atoms with Crippen molar-refractivity contribution in [2.75, 3.05) is 0 Å². The molecule has 1 saturated heterocycles. The van der Waals surface area contributed by atoms with Gasteiger partial charge in [0.25, 0.3) is 0 Å². The zero-order chi connectivity index (χ0) is 8.43. The summed E-state index contributed by atoms with van der Waals surface area (Å²) in [6.07, 6.45) is 1.56. The van der Waals surface area contributed by atoms with Gasteiger partial charge in [0, 0.05) is 6.04 Å². The summed E-state index contributed by atoms with van der Waals surface area (Å²) >= 11 is 0. The first-order chi connectivity index (χ1) is 5.11. The van der Waals surface area contributed by atoms with E-state index in [1.54, 1.807) is 0 Å². The molecule has 0 amide bonds. The van der Waals surface area contributed by atoms with Crippen LogP contribution in [0.1, 0.15) is 34.1 Å². The van der Waals surface area contributed by atoms with Crippen LogP contribution in [0.25, 0.3) is 0 Å². The second-order valence-electron chi connectivity index (χ2n) is 3.91. The fourth-order valence-electron chi connectivity index (χ4n) is 1.61. The van der Waals surface area contributed by atoms with Crippen LogP contribution in [0.3, 0.4) is 0 Å². The Bertz CT molecular complexity index is 127. The van der Waals surface area contributed by atoms with Gasteiger partial charge < -0.3 is 0 Å². The van der Waals surface area contributed by atoms with Gasteiger partial charge in [0.05, 0.1) is 6.10 Å². The Morgan fingerprint density at radius 1 is 1.18 bits per heavy atom. The lowest BCUT2D eigenvalue weighted by molar-refractivity contribution is -0.0425. The summed E-state index contributed by atoms with van der Waals surface area (Å²) < 4.78 is 0. The molecule has 1 fully saturated rings. The number of hydrogen-bond acceptors (Lipinski definition) is 2. The average Bonchev–Trinajstić information content (AvgIpc) is 2.05. The molecule has 0 spiro atoms. The van der Waals surface area contributed by atoms with Crippen LogP contribution in [0.2, 0.25) is 0 Å². The molecule has 1 aliphatic heterocycles. The standard InChI is InChI=1S/C9H19NO/c1-6-5-7(2)10-11-9(4)8(6)3/h6-10H,5H2,1-4H3. The highest BCUT2D eigenvalue weighted by Crippen LogP contribution is 2.24. The molecule has 1 rings (SSSR count). The van der Waals surface area contributed by atoms with Crippen LogP contribution in [0, 0.1) is 11.8 Å². The Labute approximate surface area is 69.3 Å². The smallest absolute Gasteiger partial charge is 0.0790 e. The minimum Gasteiger partial charge on any atom is -0.298 e. The monoisotopic (exact) mass is 157 g/mol. The Hall–Kier alpha value is -0.0800. The Morgan fingerprint density at radius 2 is 1.82 bits per heavy atom. The highest BCUT2D eigenvalue weighted by molar-refractivity contribution is 4.74. The van der Waals surface area contributed by atoms with Crippen molar-refractivity contribution in [1.29, 1.82) is 0 Å². The van der Waals surface area contributed by atoms with E-state index in [1.165, 1.54) is 6.42 Å². The van der Waals surface area contributed by atoms with Gasteiger partial charge in [-0.15, -0.1) is 0 Å². The van der Waals surface area contributed by atoms with E-state index in [1.807, 2.05) is 0 Å². The number of rotatable bonds is 0. The van der Waals surface area contributed by atoms with Crippen LogP contribution < -0.4 is 5.48 Å². The zero-order valence-electron chi connectivity index (χ0n) is 7.92. The molecule has 2 nitrogen and oxygen atoms in total. The lowest BCUT2D eigenvalue weighted by Crippen LogP contribution is -2.28. The van der Waals surface area contributed by atoms with Crippen LogP contribution in [-0.4, -0.2) is 12.1 Å². The molecular formula is C9H19NO. The molecule has 1 N–H and O–H groups in total. The summed E-state index contributed by atoms with van der Waals surface area (Å²) in [5.74, 6) is 1.42. The van der Waals surface area contributed by atoms with E-state index in [9.17, 15) is 0 Å². The lowest BCUT2D eigenvalue weighted by atomic mass is 9.87. The number of hydroxylamine groups is 1. The fourth-order valence-corrected chi connectivity index (χ4v) is 1.61. The Kier molecular flexibility index (Phi) is 2.90. The molecule has 0 radical (unpaired) electrons. The molecular weight excluding hydrogens is 138 g/mol. The van der Waals surface area contributed by atoms with Crippen LogP contribution in [0.15, 0.2) is 0 Å². The van der Waals surface area contributed by atoms with Gasteiger partial charge >= 0.3 is 0 Å². The molecule has 0 aromatic carbocycles.